The zero-order valence-electron chi connectivity index (χ0n) is 16.0. The van der Waals surface area contributed by atoms with Crippen molar-refractivity contribution < 1.29 is 13.2 Å². The molecule has 144 valence electrons. The SMILES string of the molecule is Cc1ccc(CCC(=O)N2CCC(S(=O)(=O)c3ccccc3)CC2)cc1C. The third-order valence-corrected chi connectivity index (χ3v) is 7.78. The summed E-state index contributed by atoms with van der Waals surface area (Å²) >= 11 is 0. The third kappa shape index (κ3) is 4.59. The van der Waals surface area contributed by atoms with Crippen molar-refractivity contribution in [3.8, 4) is 0 Å². The molecule has 0 unspecified atom stereocenters. The van der Waals surface area contributed by atoms with Crippen molar-refractivity contribution in [3.63, 3.8) is 0 Å². The van der Waals surface area contributed by atoms with Crippen LogP contribution in [0.25, 0.3) is 0 Å². The van der Waals surface area contributed by atoms with Crippen LogP contribution in [0, 0.1) is 13.8 Å². The van der Waals surface area contributed by atoms with Gasteiger partial charge in [-0.2, -0.15) is 0 Å². The van der Waals surface area contributed by atoms with Gasteiger partial charge in [-0.05, 0) is 61.9 Å². The van der Waals surface area contributed by atoms with Crippen molar-refractivity contribution in [1.82, 2.24) is 4.90 Å². The Labute approximate surface area is 162 Å². The molecule has 3 rings (SSSR count). The van der Waals surface area contributed by atoms with Crippen LogP contribution >= 0.6 is 0 Å². The van der Waals surface area contributed by atoms with E-state index >= 15 is 0 Å². The Hall–Kier alpha value is -2.14. The molecule has 1 amide bonds. The predicted molar refractivity (Wildman–Crippen MR) is 107 cm³/mol. The van der Waals surface area contributed by atoms with Gasteiger partial charge in [-0.1, -0.05) is 36.4 Å². The molecule has 0 bridgehead atoms. The maximum Gasteiger partial charge on any atom is 0.222 e. The molecule has 1 heterocycles. The summed E-state index contributed by atoms with van der Waals surface area (Å²) < 4.78 is 25.5. The Kier molecular flexibility index (Phi) is 6.00. The van der Waals surface area contributed by atoms with Crippen LogP contribution in [0.2, 0.25) is 0 Å². The highest BCUT2D eigenvalue weighted by molar-refractivity contribution is 7.92. The van der Waals surface area contributed by atoms with Gasteiger partial charge in [0.05, 0.1) is 10.1 Å². The second-order valence-electron chi connectivity index (χ2n) is 7.36. The fourth-order valence-electron chi connectivity index (χ4n) is 3.59. The normalized spacial score (nSPS) is 15.7. The van der Waals surface area contributed by atoms with E-state index in [9.17, 15) is 13.2 Å². The maximum atomic E-state index is 12.7. The maximum absolute atomic E-state index is 12.7. The van der Waals surface area contributed by atoms with Gasteiger partial charge in [0.15, 0.2) is 9.84 Å². The van der Waals surface area contributed by atoms with E-state index in [1.54, 1.807) is 24.3 Å². The molecule has 0 radical (unpaired) electrons. The number of hydrogen-bond donors (Lipinski definition) is 0. The van der Waals surface area contributed by atoms with Crippen LogP contribution in [0.4, 0.5) is 0 Å². The number of benzene rings is 2. The number of aryl methyl sites for hydroxylation is 3. The van der Waals surface area contributed by atoms with E-state index in [0.29, 0.717) is 37.2 Å². The van der Waals surface area contributed by atoms with Gasteiger partial charge in [0.25, 0.3) is 0 Å². The lowest BCUT2D eigenvalue weighted by Crippen LogP contribution is -2.42. The zero-order valence-corrected chi connectivity index (χ0v) is 16.8. The van der Waals surface area contributed by atoms with E-state index in [0.717, 1.165) is 6.42 Å². The summed E-state index contributed by atoms with van der Waals surface area (Å²) in [6.07, 6.45) is 2.21. The highest BCUT2D eigenvalue weighted by Gasteiger charge is 2.32. The quantitative estimate of drug-likeness (QED) is 0.789. The Morgan fingerprint density at radius 1 is 1.00 bits per heavy atom. The Morgan fingerprint density at radius 2 is 1.67 bits per heavy atom. The molecule has 2 aromatic carbocycles. The van der Waals surface area contributed by atoms with Gasteiger partial charge in [-0.3, -0.25) is 4.79 Å². The molecular weight excluding hydrogens is 358 g/mol. The summed E-state index contributed by atoms with van der Waals surface area (Å²) in [5.74, 6) is 0.115. The molecule has 2 aromatic rings. The highest BCUT2D eigenvalue weighted by Crippen LogP contribution is 2.25. The van der Waals surface area contributed by atoms with Crippen molar-refractivity contribution in [2.24, 2.45) is 0 Å². The molecule has 1 saturated heterocycles. The molecule has 5 heteroatoms. The lowest BCUT2D eigenvalue weighted by Gasteiger charge is -2.32. The predicted octanol–water partition coefficient (Wildman–Crippen LogP) is 3.70. The second kappa shape index (κ2) is 8.26. The van der Waals surface area contributed by atoms with Crippen LogP contribution in [0.15, 0.2) is 53.4 Å². The first-order valence-corrected chi connectivity index (χ1v) is 11.1. The number of likely N-dealkylation sites (tertiary alicyclic amines) is 1. The zero-order chi connectivity index (χ0) is 19.4. The Bertz CT molecular complexity index is 898. The summed E-state index contributed by atoms with van der Waals surface area (Å²) in [6.45, 7) is 5.20. The summed E-state index contributed by atoms with van der Waals surface area (Å²) in [4.78, 5) is 14.7. The molecule has 0 spiro atoms. The molecule has 1 aliphatic rings. The van der Waals surface area contributed by atoms with E-state index in [1.807, 2.05) is 11.0 Å². The average molecular weight is 386 g/mol. The van der Waals surface area contributed by atoms with E-state index in [1.165, 1.54) is 16.7 Å². The van der Waals surface area contributed by atoms with E-state index in [-0.39, 0.29) is 5.91 Å². The number of carbonyl (C=O) groups excluding carboxylic acids is 1. The van der Waals surface area contributed by atoms with Gasteiger partial charge >= 0.3 is 0 Å². The summed E-state index contributed by atoms with van der Waals surface area (Å²) in [6, 6.07) is 14.9. The van der Waals surface area contributed by atoms with Crippen LogP contribution in [0.1, 0.15) is 36.0 Å². The number of carbonyl (C=O) groups is 1. The standard InChI is InChI=1S/C22H27NO3S/c1-17-8-9-19(16-18(17)2)10-11-22(24)23-14-12-21(13-15-23)27(25,26)20-6-4-3-5-7-20/h3-9,16,21H,10-15H2,1-2H3. The van der Waals surface area contributed by atoms with Crippen LogP contribution in [0.5, 0.6) is 0 Å². The van der Waals surface area contributed by atoms with Crippen molar-refractivity contribution >= 4 is 15.7 Å². The highest BCUT2D eigenvalue weighted by atomic mass is 32.2. The molecule has 0 aliphatic carbocycles. The van der Waals surface area contributed by atoms with Crippen molar-refractivity contribution in [1.29, 1.82) is 0 Å². The smallest absolute Gasteiger partial charge is 0.222 e. The molecule has 0 atom stereocenters. The Balaban J connectivity index is 1.54. The first-order valence-electron chi connectivity index (χ1n) is 9.51. The average Bonchev–Trinajstić information content (AvgIpc) is 2.69. The van der Waals surface area contributed by atoms with Crippen LogP contribution in [-0.2, 0) is 21.1 Å². The summed E-state index contributed by atoms with van der Waals surface area (Å²) in [5, 5.41) is -0.399. The van der Waals surface area contributed by atoms with Crippen LogP contribution < -0.4 is 0 Å². The van der Waals surface area contributed by atoms with Crippen molar-refractivity contribution in [3.05, 3.63) is 65.2 Å². The molecular formula is C22H27NO3S. The number of piperidine rings is 1. The lowest BCUT2D eigenvalue weighted by atomic mass is 10.0. The number of rotatable bonds is 5. The van der Waals surface area contributed by atoms with Gasteiger partial charge in [0.2, 0.25) is 5.91 Å². The van der Waals surface area contributed by atoms with E-state index in [4.69, 9.17) is 0 Å². The molecule has 0 N–H and O–H groups in total. The van der Waals surface area contributed by atoms with Crippen LogP contribution in [0.3, 0.4) is 0 Å². The van der Waals surface area contributed by atoms with Gasteiger partial charge in [0, 0.05) is 19.5 Å². The third-order valence-electron chi connectivity index (χ3n) is 5.50. The molecule has 0 aromatic heterocycles. The molecule has 1 aliphatic heterocycles. The van der Waals surface area contributed by atoms with Crippen LogP contribution in [-0.4, -0.2) is 37.6 Å². The Morgan fingerprint density at radius 3 is 2.30 bits per heavy atom. The molecule has 4 nitrogen and oxygen atoms in total. The largest absolute Gasteiger partial charge is 0.343 e. The second-order valence-corrected chi connectivity index (χ2v) is 9.58. The van der Waals surface area contributed by atoms with Gasteiger partial charge < -0.3 is 4.90 Å². The summed E-state index contributed by atoms with van der Waals surface area (Å²) in [7, 11) is -3.31. The fraction of sp³-hybridized carbons (Fsp3) is 0.409. The van der Waals surface area contributed by atoms with Crippen molar-refractivity contribution in [2.75, 3.05) is 13.1 Å². The fourth-order valence-corrected chi connectivity index (χ4v) is 5.34. The van der Waals surface area contributed by atoms with Gasteiger partial charge in [-0.15, -0.1) is 0 Å². The number of sulfone groups is 1. The summed E-state index contributed by atoms with van der Waals surface area (Å²) in [5.41, 5.74) is 3.67. The lowest BCUT2D eigenvalue weighted by molar-refractivity contribution is -0.132. The van der Waals surface area contributed by atoms with E-state index in [2.05, 4.69) is 32.0 Å². The first-order chi connectivity index (χ1) is 12.9. The first kappa shape index (κ1) is 19.6. The minimum absolute atomic E-state index is 0.115. The molecule has 0 saturated carbocycles. The van der Waals surface area contributed by atoms with Crippen molar-refractivity contribution in [2.45, 2.75) is 49.7 Å². The monoisotopic (exact) mass is 385 g/mol. The molecule has 1 fully saturated rings. The minimum Gasteiger partial charge on any atom is -0.343 e. The van der Waals surface area contributed by atoms with Gasteiger partial charge in [-0.25, -0.2) is 8.42 Å². The molecule has 27 heavy (non-hydrogen) atoms. The topological polar surface area (TPSA) is 54.5 Å². The van der Waals surface area contributed by atoms with Gasteiger partial charge in [0.1, 0.15) is 0 Å². The minimum atomic E-state index is -3.31. The number of nitrogens with zero attached hydrogens (tertiary/aromatic N) is 1. The number of hydrogen-bond acceptors (Lipinski definition) is 3. The van der Waals surface area contributed by atoms with E-state index < -0.39 is 15.1 Å². The number of amides is 1.